The number of amides is 2. The molecular formula is C17H17N5O3. The first-order chi connectivity index (χ1) is 12.1. The van der Waals surface area contributed by atoms with Gasteiger partial charge in [0, 0.05) is 44.1 Å². The summed E-state index contributed by atoms with van der Waals surface area (Å²) < 4.78 is 0. The van der Waals surface area contributed by atoms with Gasteiger partial charge in [-0.3, -0.25) is 25.0 Å². The van der Waals surface area contributed by atoms with Gasteiger partial charge in [0.25, 0.3) is 17.4 Å². The number of nitrogens with one attached hydrogen (secondary N) is 1. The van der Waals surface area contributed by atoms with Gasteiger partial charge in [0.05, 0.1) is 0 Å². The average Bonchev–Trinajstić information content (AvgIpc) is 3.13. The lowest BCUT2D eigenvalue weighted by molar-refractivity contribution is -0.164. The van der Waals surface area contributed by atoms with Crippen LogP contribution in [0.15, 0.2) is 61.3 Å². The van der Waals surface area contributed by atoms with Crippen molar-refractivity contribution in [2.45, 2.75) is 18.7 Å². The van der Waals surface area contributed by atoms with Crippen molar-refractivity contribution < 1.29 is 14.4 Å². The number of hydrogen-bond acceptors (Lipinski definition) is 6. The molecule has 0 saturated heterocycles. The maximum absolute atomic E-state index is 13.1. The fourth-order valence-electron chi connectivity index (χ4n) is 2.52. The topological polar surface area (TPSA) is 110 Å². The third-order valence-corrected chi connectivity index (χ3v) is 3.82. The van der Waals surface area contributed by atoms with E-state index in [1.54, 1.807) is 49.1 Å². The van der Waals surface area contributed by atoms with Gasteiger partial charge in [-0.2, -0.15) is 0 Å². The summed E-state index contributed by atoms with van der Waals surface area (Å²) in [6.07, 6.45) is 9.26. The van der Waals surface area contributed by atoms with E-state index in [-0.39, 0.29) is 13.1 Å². The van der Waals surface area contributed by atoms with Crippen LogP contribution in [-0.2, 0) is 27.5 Å². The molecule has 3 N–H and O–H groups in total. The highest BCUT2D eigenvalue weighted by molar-refractivity contribution is 6.10. The molecule has 3 heterocycles. The smallest absolute Gasteiger partial charge is 0.272 e. The van der Waals surface area contributed by atoms with Crippen LogP contribution in [0.2, 0.25) is 0 Å². The predicted molar refractivity (Wildman–Crippen MR) is 88.0 cm³/mol. The third-order valence-electron chi connectivity index (χ3n) is 3.82. The standard InChI is InChI=1S/C17H17N5O3/c18-15(23)17(5-10-21-25-17)16(24)22(11-13-1-6-19-7-2-13)12-14-3-8-20-9-4-14/h1-10,21H,11-12H2,(H2,18,23). The normalized spacial score (nSPS) is 18.6. The van der Waals surface area contributed by atoms with Crippen molar-refractivity contribution in [3.8, 4) is 0 Å². The highest BCUT2D eigenvalue weighted by Gasteiger charge is 2.49. The molecule has 1 aliphatic rings. The maximum Gasteiger partial charge on any atom is 0.272 e. The van der Waals surface area contributed by atoms with Crippen molar-refractivity contribution in [3.63, 3.8) is 0 Å². The molecule has 0 fully saturated rings. The summed E-state index contributed by atoms with van der Waals surface area (Å²) in [4.78, 5) is 39.6. The molecular weight excluding hydrogens is 322 g/mol. The molecule has 0 aromatic carbocycles. The van der Waals surface area contributed by atoms with Gasteiger partial charge < -0.3 is 10.6 Å². The number of pyridine rings is 2. The number of nitrogens with two attached hydrogens (primary N) is 1. The Balaban J connectivity index is 1.91. The second-order valence-corrected chi connectivity index (χ2v) is 5.53. The predicted octanol–water partition coefficient (Wildman–Crippen LogP) is 0.278. The number of carbonyl (C=O) groups excluding carboxylic acids is 2. The van der Waals surface area contributed by atoms with Crippen molar-refractivity contribution in [3.05, 3.63) is 72.5 Å². The molecule has 2 aromatic heterocycles. The number of nitrogens with zero attached hydrogens (tertiary/aromatic N) is 3. The van der Waals surface area contributed by atoms with Crippen LogP contribution in [-0.4, -0.2) is 32.3 Å². The molecule has 2 aromatic rings. The van der Waals surface area contributed by atoms with E-state index in [0.29, 0.717) is 0 Å². The molecule has 8 nitrogen and oxygen atoms in total. The number of primary amides is 1. The highest BCUT2D eigenvalue weighted by Crippen LogP contribution is 2.22. The second kappa shape index (κ2) is 7.10. The minimum absolute atomic E-state index is 0.274. The molecule has 0 bridgehead atoms. The summed E-state index contributed by atoms with van der Waals surface area (Å²) in [5.74, 6) is -1.43. The van der Waals surface area contributed by atoms with Crippen LogP contribution in [0.25, 0.3) is 0 Å². The van der Waals surface area contributed by atoms with Crippen LogP contribution < -0.4 is 11.2 Å². The van der Waals surface area contributed by atoms with E-state index in [2.05, 4.69) is 15.4 Å². The monoisotopic (exact) mass is 339 g/mol. The summed E-state index contributed by atoms with van der Waals surface area (Å²) in [5, 5.41) is 0. The first kappa shape index (κ1) is 16.6. The molecule has 0 saturated carbocycles. The third kappa shape index (κ3) is 3.48. The average molecular weight is 339 g/mol. The Hall–Kier alpha value is -3.26. The van der Waals surface area contributed by atoms with Gasteiger partial charge in [0.2, 0.25) is 0 Å². The van der Waals surface area contributed by atoms with E-state index < -0.39 is 17.4 Å². The van der Waals surface area contributed by atoms with E-state index in [4.69, 9.17) is 10.6 Å². The van der Waals surface area contributed by atoms with Gasteiger partial charge in [0.1, 0.15) is 0 Å². The molecule has 1 aliphatic heterocycles. The van der Waals surface area contributed by atoms with E-state index in [1.165, 1.54) is 17.2 Å². The fourth-order valence-corrected chi connectivity index (χ4v) is 2.52. The van der Waals surface area contributed by atoms with Crippen molar-refractivity contribution in [1.82, 2.24) is 20.3 Å². The van der Waals surface area contributed by atoms with Crippen LogP contribution in [0.1, 0.15) is 11.1 Å². The first-order valence-corrected chi connectivity index (χ1v) is 7.60. The Bertz CT molecular complexity index is 740. The van der Waals surface area contributed by atoms with Gasteiger partial charge in [-0.05, 0) is 41.5 Å². The van der Waals surface area contributed by atoms with E-state index in [1.807, 2.05) is 0 Å². The Morgan fingerprint density at radius 3 is 1.96 bits per heavy atom. The molecule has 2 amide bonds. The van der Waals surface area contributed by atoms with Gasteiger partial charge >= 0.3 is 0 Å². The van der Waals surface area contributed by atoms with Crippen molar-refractivity contribution >= 4 is 11.8 Å². The van der Waals surface area contributed by atoms with E-state index in [0.717, 1.165) is 11.1 Å². The van der Waals surface area contributed by atoms with Crippen molar-refractivity contribution in [2.24, 2.45) is 5.73 Å². The molecule has 1 atom stereocenters. The molecule has 25 heavy (non-hydrogen) atoms. The van der Waals surface area contributed by atoms with Gasteiger partial charge in [-0.1, -0.05) is 0 Å². The molecule has 0 aliphatic carbocycles. The zero-order valence-corrected chi connectivity index (χ0v) is 13.3. The highest BCUT2D eigenvalue weighted by atomic mass is 16.7. The molecule has 0 spiro atoms. The number of aromatic nitrogens is 2. The lowest BCUT2D eigenvalue weighted by Crippen LogP contribution is -2.56. The Morgan fingerprint density at radius 1 is 1.04 bits per heavy atom. The second-order valence-electron chi connectivity index (χ2n) is 5.53. The Morgan fingerprint density at radius 2 is 1.56 bits per heavy atom. The minimum Gasteiger partial charge on any atom is -0.366 e. The lowest BCUT2D eigenvalue weighted by Gasteiger charge is -2.30. The zero-order valence-electron chi connectivity index (χ0n) is 13.3. The molecule has 8 heteroatoms. The van der Waals surface area contributed by atoms with Crippen molar-refractivity contribution in [1.29, 1.82) is 0 Å². The molecule has 1 unspecified atom stereocenters. The molecule has 3 rings (SSSR count). The number of hydroxylamine groups is 1. The largest absolute Gasteiger partial charge is 0.366 e. The number of hydrogen-bond donors (Lipinski definition) is 2. The van der Waals surface area contributed by atoms with Gasteiger partial charge in [-0.15, -0.1) is 0 Å². The van der Waals surface area contributed by atoms with Crippen LogP contribution in [0.3, 0.4) is 0 Å². The molecule has 0 radical (unpaired) electrons. The van der Waals surface area contributed by atoms with Crippen molar-refractivity contribution in [2.75, 3.05) is 0 Å². The zero-order chi connectivity index (χ0) is 17.7. The van der Waals surface area contributed by atoms with Crippen LogP contribution in [0.4, 0.5) is 0 Å². The Kier molecular flexibility index (Phi) is 4.71. The Labute approximate surface area is 144 Å². The summed E-state index contributed by atoms with van der Waals surface area (Å²) in [7, 11) is 0. The van der Waals surface area contributed by atoms with Gasteiger partial charge in [0.15, 0.2) is 0 Å². The lowest BCUT2D eigenvalue weighted by atomic mass is 10.0. The number of rotatable bonds is 6. The summed E-state index contributed by atoms with van der Waals surface area (Å²) >= 11 is 0. The van der Waals surface area contributed by atoms with E-state index >= 15 is 0 Å². The summed E-state index contributed by atoms with van der Waals surface area (Å²) in [6.45, 7) is 0.547. The minimum atomic E-state index is -1.86. The van der Waals surface area contributed by atoms with Crippen LogP contribution >= 0.6 is 0 Å². The SMILES string of the molecule is NC(=O)C1(C(=O)N(Cc2ccncc2)Cc2ccncc2)C=CNO1. The fraction of sp³-hybridized carbons (Fsp3) is 0.176. The van der Waals surface area contributed by atoms with Gasteiger partial charge in [-0.25, -0.2) is 4.84 Å². The van der Waals surface area contributed by atoms with Crippen LogP contribution in [0, 0.1) is 0 Å². The first-order valence-electron chi connectivity index (χ1n) is 7.60. The summed E-state index contributed by atoms with van der Waals surface area (Å²) in [6, 6.07) is 7.20. The number of carbonyl (C=O) groups is 2. The van der Waals surface area contributed by atoms with Crippen LogP contribution in [0.5, 0.6) is 0 Å². The maximum atomic E-state index is 13.1. The molecule has 128 valence electrons. The van der Waals surface area contributed by atoms with E-state index in [9.17, 15) is 9.59 Å². The quantitative estimate of drug-likeness (QED) is 0.731. The summed E-state index contributed by atoms with van der Waals surface area (Å²) in [5.41, 5.74) is 7.72.